The van der Waals surface area contributed by atoms with E-state index in [0.29, 0.717) is 19.8 Å². The number of rotatable bonds is 19. The van der Waals surface area contributed by atoms with E-state index in [0.717, 1.165) is 38.5 Å². The van der Waals surface area contributed by atoms with E-state index in [2.05, 4.69) is 25.6 Å². The maximum Gasteiger partial charge on any atom is 0.381 e. The number of ether oxygens (including phenoxy) is 3. The van der Waals surface area contributed by atoms with Crippen LogP contribution in [0.5, 0.6) is 0 Å². The number of nitrogens with one attached hydrogen (secondary N) is 2. The number of hydrogen-bond donors (Lipinski definition) is 5. The van der Waals surface area contributed by atoms with Gasteiger partial charge in [0, 0.05) is 0 Å². The molecular formula is C19H38N6O6. The Kier molecular flexibility index (Phi) is 13.9. The fraction of sp³-hybridized carbons (Fsp3) is 0.842. The third-order valence-corrected chi connectivity index (χ3v) is 4.16. The molecule has 0 radical (unpaired) electrons. The fourth-order valence-corrected chi connectivity index (χ4v) is 2.45. The summed E-state index contributed by atoms with van der Waals surface area (Å²) >= 11 is 0. The average molecular weight is 447 g/mol. The van der Waals surface area contributed by atoms with Gasteiger partial charge in [0.2, 0.25) is 17.8 Å². The highest BCUT2D eigenvalue weighted by Gasteiger charge is 2.43. The average Bonchev–Trinajstić information content (AvgIpc) is 2.75. The van der Waals surface area contributed by atoms with Gasteiger partial charge in [0.15, 0.2) is 0 Å². The van der Waals surface area contributed by atoms with Crippen LogP contribution >= 0.6 is 0 Å². The summed E-state index contributed by atoms with van der Waals surface area (Å²) in [7, 11) is 0. The molecule has 0 aromatic carbocycles. The van der Waals surface area contributed by atoms with Crippen LogP contribution in [0.2, 0.25) is 0 Å². The van der Waals surface area contributed by atoms with Crippen molar-refractivity contribution in [3.8, 4) is 0 Å². The Hall–Kier alpha value is -1.83. The van der Waals surface area contributed by atoms with Gasteiger partial charge in [-0.05, 0) is 19.3 Å². The van der Waals surface area contributed by atoms with Gasteiger partial charge in [-0.1, -0.05) is 40.0 Å². The second-order valence-electron chi connectivity index (χ2n) is 6.65. The topological polar surface area (TPSA) is 154 Å². The van der Waals surface area contributed by atoms with Crippen LogP contribution in [0.4, 0.5) is 17.8 Å². The predicted molar refractivity (Wildman–Crippen MR) is 116 cm³/mol. The standard InChI is InChI=1S/C19H38N6O6/c1-4-7-10-29-19(30-11-8-5-2,31-12-9-6-3)25(15-28)18-23-16(20-13-26)22-17(24-18)21-14-27/h26-28H,4-15H2,1-3H3,(H2,20,21,22,23,24). The smallest absolute Gasteiger partial charge is 0.376 e. The monoisotopic (exact) mass is 446 g/mol. The SMILES string of the molecule is CCCCOC(OCCCC)(OCCCC)N(CO)c1nc(NCO)nc(NCO)n1. The number of hydrogen-bond acceptors (Lipinski definition) is 12. The molecule has 12 nitrogen and oxygen atoms in total. The molecule has 0 atom stereocenters. The van der Waals surface area contributed by atoms with Gasteiger partial charge in [0.1, 0.15) is 20.2 Å². The first-order valence-corrected chi connectivity index (χ1v) is 10.9. The van der Waals surface area contributed by atoms with E-state index < -0.39 is 26.3 Å². The first-order valence-electron chi connectivity index (χ1n) is 10.9. The van der Waals surface area contributed by atoms with Crippen molar-refractivity contribution in [3.63, 3.8) is 0 Å². The van der Waals surface area contributed by atoms with E-state index >= 15 is 0 Å². The van der Waals surface area contributed by atoms with E-state index in [-0.39, 0.29) is 17.8 Å². The van der Waals surface area contributed by atoms with Crippen molar-refractivity contribution in [1.82, 2.24) is 15.0 Å². The van der Waals surface area contributed by atoms with Crippen molar-refractivity contribution in [2.24, 2.45) is 0 Å². The van der Waals surface area contributed by atoms with Crippen molar-refractivity contribution in [3.05, 3.63) is 0 Å². The molecule has 12 heteroatoms. The summed E-state index contributed by atoms with van der Waals surface area (Å²) < 4.78 is 18.2. The molecule has 0 aliphatic rings. The summed E-state index contributed by atoms with van der Waals surface area (Å²) in [5, 5.41) is 33.8. The van der Waals surface area contributed by atoms with Crippen molar-refractivity contribution in [2.45, 2.75) is 65.4 Å². The molecular weight excluding hydrogens is 408 g/mol. The molecule has 5 N–H and O–H groups in total. The van der Waals surface area contributed by atoms with E-state index in [1.54, 1.807) is 0 Å². The fourth-order valence-electron chi connectivity index (χ4n) is 2.45. The lowest BCUT2D eigenvalue weighted by Crippen LogP contribution is -2.57. The van der Waals surface area contributed by atoms with Crippen molar-refractivity contribution < 1.29 is 29.5 Å². The molecule has 1 heterocycles. The normalized spacial score (nSPS) is 11.5. The summed E-state index contributed by atoms with van der Waals surface area (Å²) in [6.45, 7) is 5.70. The van der Waals surface area contributed by atoms with Crippen LogP contribution in [0.25, 0.3) is 0 Å². The molecule has 0 aliphatic heterocycles. The van der Waals surface area contributed by atoms with Gasteiger partial charge in [-0.2, -0.15) is 15.0 Å². The number of aliphatic hydroxyl groups is 3. The first kappa shape index (κ1) is 27.2. The van der Waals surface area contributed by atoms with Gasteiger partial charge in [0.25, 0.3) is 0 Å². The third-order valence-electron chi connectivity index (χ3n) is 4.16. The van der Waals surface area contributed by atoms with E-state index in [1.165, 1.54) is 4.90 Å². The predicted octanol–water partition coefficient (Wildman–Crippen LogP) is 1.41. The lowest BCUT2D eigenvalue weighted by atomic mass is 10.3. The Labute approximate surface area is 184 Å². The largest absolute Gasteiger partial charge is 0.381 e. The first-order chi connectivity index (χ1) is 15.1. The molecule has 0 bridgehead atoms. The molecule has 31 heavy (non-hydrogen) atoms. The second kappa shape index (κ2) is 15.9. The molecule has 0 saturated heterocycles. The Bertz CT molecular complexity index is 546. The minimum absolute atomic E-state index is 0.0195. The Morgan fingerprint density at radius 3 is 1.48 bits per heavy atom. The summed E-state index contributed by atoms with van der Waals surface area (Å²) in [5.41, 5.74) is 0. The van der Waals surface area contributed by atoms with Crippen LogP contribution in [0, 0.1) is 0 Å². The van der Waals surface area contributed by atoms with E-state index in [4.69, 9.17) is 14.2 Å². The lowest BCUT2D eigenvalue weighted by molar-refractivity contribution is -0.383. The van der Waals surface area contributed by atoms with Crippen molar-refractivity contribution >= 4 is 17.8 Å². The van der Waals surface area contributed by atoms with Gasteiger partial charge in [-0.3, -0.25) is 0 Å². The zero-order valence-corrected chi connectivity index (χ0v) is 18.8. The molecule has 0 fully saturated rings. The molecule has 180 valence electrons. The second-order valence-corrected chi connectivity index (χ2v) is 6.65. The Balaban J connectivity index is 3.39. The van der Waals surface area contributed by atoms with Crippen LogP contribution in [-0.2, 0) is 14.2 Å². The number of aromatic nitrogens is 3. The molecule has 0 saturated carbocycles. The van der Waals surface area contributed by atoms with Gasteiger partial charge < -0.3 is 40.2 Å². The van der Waals surface area contributed by atoms with Crippen LogP contribution in [0.15, 0.2) is 0 Å². The minimum Gasteiger partial charge on any atom is -0.376 e. The zero-order chi connectivity index (χ0) is 23.0. The van der Waals surface area contributed by atoms with E-state index in [1.807, 2.05) is 20.8 Å². The van der Waals surface area contributed by atoms with E-state index in [9.17, 15) is 15.3 Å². The number of anilines is 3. The van der Waals surface area contributed by atoms with Crippen LogP contribution < -0.4 is 15.5 Å². The molecule has 1 aromatic rings. The summed E-state index contributed by atoms with van der Waals surface area (Å²) in [6.07, 6.45) is 3.26. The van der Waals surface area contributed by atoms with Gasteiger partial charge in [-0.25, -0.2) is 4.90 Å². The Morgan fingerprint density at radius 1 is 0.742 bits per heavy atom. The molecule has 0 spiro atoms. The summed E-state index contributed by atoms with van der Waals surface area (Å²) in [5.74, 6) is 0.0480. The van der Waals surface area contributed by atoms with Crippen LogP contribution in [-0.4, -0.2) is 76.4 Å². The van der Waals surface area contributed by atoms with Crippen molar-refractivity contribution in [1.29, 1.82) is 0 Å². The molecule has 0 amide bonds. The van der Waals surface area contributed by atoms with Crippen LogP contribution in [0.3, 0.4) is 0 Å². The quantitative estimate of drug-likeness (QED) is 0.154. The maximum atomic E-state index is 10.3. The van der Waals surface area contributed by atoms with Gasteiger partial charge in [-0.15, -0.1) is 0 Å². The summed E-state index contributed by atoms with van der Waals surface area (Å²) in [4.78, 5) is 13.8. The number of aliphatic hydroxyl groups excluding tert-OH is 3. The number of unbranched alkanes of at least 4 members (excludes halogenated alkanes) is 3. The lowest BCUT2D eigenvalue weighted by Gasteiger charge is -2.40. The van der Waals surface area contributed by atoms with Gasteiger partial charge >= 0.3 is 6.10 Å². The molecule has 0 unspecified atom stereocenters. The van der Waals surface area contributed by atoms with Gasteiger partial charge in [0.05, 0.1) is 19.8 Å². The van der Waals surface area contributed by atoms with Crippen molar-refractivity contribution in [2.75, 3.05) is 55.5 Å². The minimum atomic E-state index is -1.75. The Morgan fingerprint density at radius 2 is 1.16 bits per heavy atom. The maximum absolute atomic E-state index is 10.3. The molecule has 1 rings (SSSR count). The molecule has 0 aliphatic carbocycles. The third kappa shape index (κ3) is 9.05. The molecule has 1 aromatic heterocycles. The van der Waals surface area contributed by atoms with Crippen LogP contribution in [0.1, 0.15) is 59.3 Å². The number of nitrogens with zero attached hydrogens (tertiary/aromatic N) is 4. The highest BCUT2D eigenvalue weighted by Crippen LogP contribution is 2.28. The highest BCUT2D eigenvalue weighted by atomic mass is 16.9. The highest BCUT2D eigenvalue weighted by molar-refractivity contribution is 5.44. The zero-order valence-electron chi connectivity index (χ0n) is 18.8. The summed E-state index contributed by atoms with van der Waals surface area (Å²) in [6, 6.07) is 0.